The van der Waals surface area contributed by atoms with E-state index in [4.69, 9.17) is 0 Å². The fourth-order valence-corrected chi connectivity index (χ4v) is 8.05. The molecule has 0 aliphatic rings. The number of Topliss-reactive ketones (excluding diaryl/α,β-unsaturated/α-hetero) is 1. The Morgan fingerprint density at radius 2 is 1.10 bits per heavy atom. The molecule has 0 saturated carbocycles. The number of halogens is 1. The number of alkyl halides is 1. The van der Waals surface area contributed by atoms with Gasteiger partial charge in [0, 0.05) is 6.42 Å². The summed E-state index contributed by atoms with van der Waals surface area (Å²) < 4.78 is 67.7. The third-order valence-corrected chi connectivity index (χ3v) is 10.1. The van der Waals surface area contributed by atoms with Crippen molar-refractivity contribution in [1.82, 2.24) is 0 Å². The van der Waals surface area contributed by atoms with Crippen molar-refractivity contribution in [2.24, 2.45) is 0 Å². The highest BCUT2D eigenvalue weighted by atomic mass is 32.3. The van der Waals surface area contributed by atoms with Crippen molar-refractivity contribution >= 4 is 25.5 Å². The van der Waals surface area contributed by atoms with Crippen LogP contribution in [0.2, 0.25) is 0 Å². The summed E-state index contributed by atoms with van der Waals surface area (Å²) in [6.07, 6.45) is -0.612. The predicted octanol–water partition coefficient (Wildman–Crippen LogP) is 4.32. The van der Waals surface area contributed by atoms with E-state index in [1.54, 1.807) is 6.07 Å². The number of carbonyl (C=O) groups is 1. The number of hydrogen-bond donors (Lipinski definition) is 0. The summed E-state index contributed by atoms with van der Waals surface area (Å²) in [4.78, 5) is 11.1. The fourth-order valence-electron chi connectivity index (χ4n) is 3.45. The lowest BCUT2D eigenvalue weighted by atomic mass is 9.95. The minimum absolute atomic E-state index is 0.0965. The molecule has 3 rings (SSSR count). The standard InChI is InChI=1S/C23H21FO5S2/c1-18(25)17-22(19-11-5-2-6-12-19)23(24,30(26,27)20-13-7-3-8-14-20)31(28,29)21-15-9-4-10-16-21/h2-16,22H,17H2,1H3/t22-/m1/s1. The smallest absolute Gasteiger partial charge is 0.300 e. The maximum absolute atomic E-state index is 17.1. The van der Waals surface area contributed by atoms with Crippen LogP contribution < -0.4 is 0 Å². The van der Waals surface area contributed by atoms with Crippen LogP contribution in [0.5, 0.6) is 0 Å². The van der Waals surface area contributed by atoms with Crippen molar-refractivity contribution < 1.29 is 26.0 Å². The van der Waals surface area contributed by atoms with Crippen LogP contribution in [0.4, 0.5) is 4.39 Å². The lowest BCUT2D eigenvalue weighted by molar-refractivity contribution is -0.117. The molecular formula is C23H21FO5S2. The second kappa shape index (κ2) is 8.72. The third kappa shape index (κ3) is 4.05. The Morgan fingerprint density at radius 1 is 0.742 bits per heavy atom. The molecule has 162 valence electrons. The largest absolute Gasteiger partial charge is 0.324 e. The summed E-state index contributed by atoms with van der Waals surface area (Å²) in [5.74, 6) is -2.32. The van der Waals surface area contributed by atoms with E-state index < -0.39 is 51.9 Å². The molecule has 0 unspecified atom stereocenters. The minimum Gasteiger partial charge on any atom is -0.300 e. The van der Waals surface area contributed by atoms with Crippen LogP contribution in [0.3, 0.4) is 0 Å². The number of carbonyl (C=O) groups excluding carboxylic acids is 1. The van der Waals surface area contributed by atoms with Gasteiger partial charge in [0.1, 0.15) is 5.78 Å². The zero-order chi connectivity index (χ0) is 22.7. The predicted molar refractivity (Wildman–Crippen MR) is 116 cm³/mol. The molecule has 5 nitrogen and oxygen atoms in total. The average Bonchev–Trinajstić information content (AvgIpc) is 2.78. The molecule has 3 aromatic carbocycles. The quantitative estimate of drug-likeness (QED) is 0.500. The van der Waals surface area contributed by atoms with Gasteiger partial charge in [0.05, 0.1) is 15.7 Å². The molecule has 3 aromatic rings. The molecule has 0 bridgehead atoms. The van der Waals surface area contributed by atoms with Crippen LogP contribution in [-0.4, -0.2) is 27.0 Å². The fraction of sp³-hybridized carbons (Fsp3) is 0.174. The zero-order valence-electron chi connectivity index (χ0n) is 16.7. The van der Waals surface area contributed by atoms with E-state index in [0.717, 1.165) is 24.3 Å². The van der Waals surface area contributed by atoms with Gasteiger partial charge >= 0.3 is 4.33 Å². The van der Waals surface area contributed by atoms with Crippen molar-refractivity contribution in [3.05, 3.63) is 96.6 Å². The summed E-state index contributed by atoms with van der Waals surface area (Å²) in [5, 5.41) is 0. The lowest BCUT2D eigenvalue weighted by Gasteiger charge is -2.33. The van der Waals surface area contributed by atoms with Gasteiger partial charge in [-0.1, -0.05) is 66.7 Å². The van der Waals surface area contributed by atoms with Gasteiger partial charge in [-0.05, 0) is 36.8 Å². The van der Waals surface area contributed by atoms with Crippen LogP contribution in [0.25, 0.3) is 0 Å². The second-order valence-electron chi connectivity index (χ2n) is 7.08. The first-order chi connectivity index (χ1) is 14.6. The van der Waals surface area contributed by atoms with E-state index in [1.807, 2.05) is 0 Å². The highest BCUT2D eigenvalue weighted by Gasteiger charge is 2.62. The second-order valence-corrected chi connectivity index (χ2v) is 11.5. The molecule has 0 amide bonds. The first-order valence-corrected chi connectivity index (χ1v) is 12.4. The Balaban J connectivity index is 2.40. The maximum atomic E-state index is 17.1. The van der Waals surface area contributed by atoms with E-state index in [9.17, 15) is 21.6 Å². The highest BCUT2D eigenvalue weighted by molar-refractivity contribution is 8.10. The number of sulfone groups is 2. The molecule has 31 heavy (non-hydrogen) atoms. The number of rotatable bonds is 8. The first kappa shape index (κ1) is 22.8. The van der Waals surface area contributed by atoms with Gasteiger partial charge in [0.15, 0.2) is 0 Å². The zero-order valence-corrected chi connectivity index (χ0v) is 18.3. The molecular weight excluding hydrogens is 439 g/mol. The molecule has 0 saturated heterocycles. The van der Waals surface area contributed by atoms with Gasteiger partial charge in [-0.15, -0.1) is 0 Å². The van der Waals surface area contributed by atoms with E-state index in [2.05, 4.69) is 0 Å². The highest BCUT2D eigenvalue weighted by Crippen LogP contribution is 2.48. The minimum atomic E-state index is -5.11. The lowest BCUT2D eigenvalue weighted by Crippen LogP contribution is -2.48. The van der Waals surface area contributed by atoms with Crippen molar-refractivity contribution in [3.63, 3.8) is 0 Å². The molecule has 8 heteroatoms. The molecule has 0 aliphatic heterocycles. The van der Waals surface area contributed by atoms with Gasteiger partial charge in [0.25, 0.3) is 0 Å². The number of benzene rings is 3. The molecule has 0 spiro atoms. The van der Waals surface area contributed by atoms with Gasteiger partial charge in [-0.2, -0.15) is 0 Å². The Bertz CT molecular complexity index is 1190. The van der Waals surface area contributed by atoms with Crippen LogP contribution in [0.15, 0.2) is 101 Å². The van der Waals surface area contributed by atoms with E-state index >= 15 is 4.39 Å². The van der Waals surface area contributed by atoms with Gasteiger partial charge in [0.2, 0.25) is 19.7 Å². The summed E-state index contributed by atoms with van der Waals surface area (Å²) in [5.41, 5.74) is 0.0965. The molecule has 0 radical (unpaired) electrons. The van der Waals surface area contributed by atoms with Gasteiger partial charge < -0.3 is 4.79 Å². The van der Waals surface area contributed by atoms with Crippen LogP contribution in [0, 0.1) is 0 Å². The summed E-state index contributed by atoms with van der Waals surface area (Å²) in [6, 6.07) is 20.7. The van der Waals surface area contributed by atoms with Gasteiger partial charge in [-0.25, -0.2) is 21.2 Å². The first-order valence-electron chi connectivity index (χ1n) is 9.45. The van der Waals surface area contributed by atoms with E-state index in [0.29, 0.717) is 0 Å². The number of hydrogen-bond acceptors (Lipinski definition) is 5. The molecule has 0 aliphatic carbocycles. The molecule has 0 N–H and O–H groups in total. The van der Waals surface area contributed by atoms with Crippen molar-refractivity contribution in [2.75, 3.05) is 0 Å². The summed E-state index contributed by atoms with van der Waals surface area (Å²) in [7, 11) is -10.2. The Labute approximate surface area is 181 Å². The topological polar surface area (TPSA) is 85.3 Å². The monoisotopic (exact) mass is 460 g/mol. The van der Waals surface area contributed by atoms with Crippen LogP contribution in [-0.2, 0) is 24.5 Å². The van der Waals surface area contributed by atoms with Crippen LogP contribution >= 0.6 is 0 Å². The normalized spacial score (nSPS) is 13.5. The molecule has 0 fully saturated rings. The SMILES string of the molecule is CC(=O)C[C@H](c1ccccc1)C(F)(S(=O)(=O)c1ccccc1)S(=O)(=O)c1ccccc1. The van der Waals surface area contributed by atoms with Crippen LogP contribution in [0.1, 0.15) is 24.8 Å². The molecule has 1 atom stereocenters. The Morgan fingerprint density at radius 3 is 1.45 bits per heavy atom. The Kier molecular flexibility index (Phi) is 6.43. The molecule has 0 aromatic heterocycles. The average molecular weight is 461 g/mol. The number of ketones is 1. The third-order valence-electron chi connectivity index (χ3n) is 4.95. The van der Waals surface area contributed by atoms with E-state index in [1.165, 1.54) is 67.6 Å². The van der Waals surface area contributed by atoms with Crippen molar-refractivity contribution in [3.8, 4) is 0 Å². The molecule has 0 heterocycles. The van der Waals surface area contributed by atoms with Crippen molar-refractivity contribution in [1.29, 1.82) is 0 Å². The summed E-state index contributed by atoms with van der Waals surface area (Å²) >= 11 is 0. The maximum Gasteiger partial charge on any atom is 0.324 e. The Hall–Kier alpha value is -2.84. The van der Waals surface area contributed by atoms with Crippen molar-refractivity contribution in [2.45, 2.75) is 33.4 Å². The summed E-state index contributed by atoms with van der Waals surface area (Å²) in [6.45, 7) is 1.17. The van der Waals surface area contributed by atoms with E-state index in [-0.39, 0.29) is 5.56 Å². The van der Waals surface area contributed by atoms with Gasteiger partial charge in [-0.3, -0.25) is 0 Å².